The lowest BCUT2D eigenvalue weighted by molar-refractivity contribution is 0.00578. The molecule has 0 spiro atoms. The van der Waals surface area contributed by atoms with Crippen LogP contribution >= 0.6 is 15.9 Å². The van der Waals surface area contributed by atoms with E-state index in [9.17, 15) is 0 Å². The molecule has 0 atom stereocenters. The predicted octanol–water partition coefficient (Wildman–Crippen LogP) is 10.1. The number of halogens is 1. The number of ether oxygens (including phenoxy) is 4. The normalized spacial score (nSPS) is 13.7. The quantitative estimate of drug-likeness (QED) is 0.135. The number of hydrogen-bond acceptors (Lipinski definition) is 12. The standard InChI is InChI=1S/C20H15N3O2.C17H20BNO3.C9H7BrN2O/c1-24-18-10-15(9-16-11-21-13-23-20(16)18)14-7-8-19(22-12-14)25-17-5-3-2-4-6-17;1-16(2)17(3,4)22-18(21-16)13-10-11-15(19-12-13)20-14-8-6-5-7-9-14;1-13-8-3-7(10)2-6-4-11-5-12-9(6)8/h2-13H,1H3;5-12H,1-4H3;2-5H,1H3. The number of nitrogens with zero attached hydrogens (tertiary/aromatic N) is 6. The average Bonchev–Trinajstić information content (AvgIpc) is 3.50. The zero-order chi connectivity index (χ0) is 42.1. The molecule has 1 fully saturated rings. The summed E-state index contributed by atoms with van der Waals surface area (Å²) in [5.41, 5.74) is 3.76. The summed E-state index contributed by atoms with van der Waals surface area (Å²) in [6.45, 7) is 8.14. The molecular weight excluding hydrogens is 823 g/mol. The van der Waals surface area contributed by atoms with E-state index in [-0.39, 0.29) is 11.2 Å². The lowest BCUT2D eigenvalue weighted by Crippen LogP contribution is -2.41. The number of pyridine rings is 2. The summed E-state index contributed by atoms with van der Waals surface area (Å²) in [7, 11) is 2.86. The molecule has 1 saturated heterocycles. The molecule has 0 aliphatic carbocycles. The minimum Gasteiger partial charge on any atom is -0.494 e. The van der Waals surface area contributed by atoms with Crippen LogP contribution in [0.4, 0.5) is 0 Å². The fourth-order valence-corrected chi connectivity index (χ4v) is 6.44. The zero-order valence-electron chi connectivity index (χ0n) is 33.9. The molecular formula is C46H42BBrN6O6. The van der Waals surface area contributed by atoms with E-state index in [1.807, 2.05) is 137 Å². The molecule has 12 nitrogen and oxygen atoms in total. The first-order valence-corrected chi connectivity index (χ1v) is 19.8. The minimum atomic E-state index is -0.400. The average molecular weight is 866 g/mol. The second-order valence-corrected chi connectivity index (χ2v) is 15.4. The highest BCUT2D eigenvalue weighted by molar-refractivity contribution is 9.10. The Morgan fingerprint density at radius 3 is 1.55 bits per heavy atom. The van der Waals surface area contributed by atoms with Crippen LogP contribution in [0.3, 0.4) is 0 Å². The third-order valence-corrected chi connectivity index (χ3v) is 10.3. The van der Waals surface area contributed by atoms with Crippen LogP contribution < -0.4 is 24.4 Å². The van der Waals surface area contributed by atoms with E-state index < -0.39 is 7.12 Å². The summed E-state index contributed by atoms with van der Waals surface area (Å²) < 4.78 is 35.0. The first-order valence-electron chi connectivity index (χ1n) is 19.0. The smallest absolute Gasteiger partial charge is 0.494 e. The molecule has 0 N–H and O–H groups in total. The van der Waals surface area contributed by atoms with Crippen molar-refractivity contribution in [3.63, 3.8) is 0 Å². The number of fused-ring (bicyclic) bond motifs is 2. The van der Waals surface area contributed by atoms with E-state index in [0.717, 1.165) is 60.1 Å². The predicted molar refractivity (Wildman–Crippen MR) is 236 cm³/mol. The molecule has 14 heteroatoms. The highest BCUT2D eigenvalue weighted by atomic mass is 79.9. The largest absolute Gasteiger partial charge is 0.496 e. The van der Waals surface area contributed by atoms with E-state index >= 15 is 0 Å². The lowest BCUT2D eigenvalue weighted by atomic mass is 9.80. The van der Waals surface area contributed by atoms with Crippen LogP contribution in [0.1, 0.15) is 27.7 Å². The van der Waals surface area contributed by atoms with Crippen molar-refractivity contribution in [2.45, 2.75) is 38.9 Å². The van der Waals surface area contributed by atoms with Gasteiger partial charge in [-0.3, -0.25) is 0 Å². The molecule has 1 aliphatic heterocycles. The molecule has 8 aromatic rings. The van der Waals surface area contributed by atoms with E-state index in [0.29, 0.717) is 17.5 Å². The van der Waals surface area contributed by atoms with Gasteiger partial charge in [0.05, 0.1) is 25.4 Å². The number of para-hydroxylation sites is 2. The van der Waals surface area contributed by atoms with Gasteiger partial charge in [0.2, 0.25) is 11.8 Å². The monoisotopic (exact) mass is 864 g/mol. The molecule has 0 amide bonds. The van der Waals surface area contributed by atoms with E-state index in [1.165, 1.54) is 12.7 Å². The fourth-order valence-electron chi connectivity index (χ4n) is 5.98. The van der Waals surface area contributed by atoms with Gasteiger partial charge >= 0.3 is 7.12 Å². The highest BCUT2D eigenvalue weighted by Gasteiger charge is 2.51. The van der Waals surface area contributed by atoms with E-state index in [1.54, 1.807) is 39.0 Å². The first-order chi connectivity index (χ1) is 29.0. The molecule has 1 aliphatic rings. The maximum Gasteiger partial charge on any atom is 0.496 e. The second kappa shape index (κ2) is 18.6. The van der Waals surface area contributed by atoms with Gasteiger partial charge in [-0.2, -0.15) is 0 Å². The highest BCUT2D eigenvalue weighted by Crippen LogP contribution is 2.37. The van der Waals surface area contributed by atoms with Crippen molar-refractivity contribution in [3.05, 3.63) is 151 Å². The second-order valence-electron chi connectivity index (χ2n) is 14.4. The minimum absolute atomic E-state index is 0.350. The van der Waals surface area contributed by atoms with Crippen molar-refractivity contribution < 1.29 is 28.3 Å². The number of methoxy groups -OCH3 is 2. The molecule has 0 radical (unpaired) electrons. The molecule has 302 valence electrons. The SMILES string of the molecule is CC1(C)OB(c2ccc(Oc3ccccc3)nc2)OC1(C)C.COc1cc(-c2ccc(Oc3ccccc3)nc2)cc2cncnc12.COc1cc(Br)cc2cncnc12. The summed E-state index contributed by atoms with van der Waals surface area (Å²) in [5.74, 6) is 4.08. The molecule has 60 heavy (non-hydrogen) atoms. The van der Waals surface area contributed by atoms with Crippen LogP contribution in [0.15, 0.2) is 151 Å². The molecule has 0 saturated carbocycles. The van der Waals surface area contributed by atoms with Gasteiger partial charge in [0, 0.05) is 63.2 Å². The maximum absolute atomic E-state index is 6.01. The summed E-state index contributed by atoms with van der Waals surface area (Å²) in [6.07, 6.45) is 10.1. The van der Waals surface area contributed by atoms with Crippen LogP contribution in [0.2, 0.25) is 0 Å². The van der Waals surface area contributed by atoms with Crippen molar-refractivity contribution >= 4 is 50.3 Å². The molecule has 4 aromatic carbocycles. The molecule has 0 bridgehead atoms. The third kappa shape index (κ3) is 10.0. The Kier molecular flexibility index (Phi) is 12.9. The van der Waals surface area contributed by atoms with Crippen LogP contribution in [0, 0.1) is 0 Å². The Hall–Kier alpha value is -6.48. The van der Waals surface area contributed by atoms with Crippen molar-refractivity contribution in [2.24, 2.45) is 0 Å². The Morgan fingerprint density at radius 1 is 0.533 bits per heavy atom. The fraction of sp³-hybridized carbons (Fsp3) is 0.174. The molecule has 4 aromatic heterocycles. The third-order valence-electron chi connectivity index (χ3n) is 9.83. The maximum atomic E-state index is 6.01. The topological polar surface area (TPSA) is 133 Å². The summed E-state index contributed by atoms with van der Waals surface area (Å²) in [5, 5.41) is 1.88. The van der Waals surface area contributed by atoms with Crippen molar-refractivity contribution in [3.8, 4) is 45.9 Å². The van der Waals surface area contributed by atoms with Crippen LogP contribution in [-0.4, -0.2) is 62.4 Å². The number of rotatable bonds is 8. The number of aromatic nitrogens is 6. The molecule has 0 unspecified atom stereocenters. The van der Waals surface area contributed by atoms with Gasteiger partial charge in [0.15, 0.2) is 0 Å². The Morgan fingerprint density at radius 2 is 1.05 bits per heavy atom. The van der Waals surface area contributed by atoms with Gasteiger partial charge in [-0.1, -0.05) is 58.4 Å². The molecule has 9 rings (SSSR count). The van der Waals surface area contributed by atoms with E-state index in [2.05, 4.69) is 45.8 Å². The summed E-state index contributed by atoms with van der Waals surface area (Å²) >= 11 is 3.39. The van der Waals surface area contributed by atoms with Gasteiger partial charge in [0.25, 0.3) is 0 Å². The van der Waals surface area contributed by atoms with Gasteiger partial charge in [0.1, 0.15) is 46.7 Å². The van der Waals surface area contributed by atoms with Crippen LogP contribution in [-0.2, 0) is 9.31 Å². The van der Waals surface area contributed by atoms with Crippen molar-refractivity contribution in [1.82, 2.24) is 29.9 Å². The van der Waals surface area contributed by atoms with Crippen molar-refractivity contribution in [1.29, 1.82) is 0 Å². The van der Waals surface area contributed by atoms with Crippen LogP contribution in [0.25, 0.3) is 32.9 Å². The lowest BCUT2D eigenvalue weighted by Gasteiger charge is -2.32. The zero-order valence-corrected chi connectivity index (χ0v) is 35.5. The van der Waals surface area contributed by atoms with Gasteiger partial charge in [-0.05, 0) is 87.9 Å². The first kappa shape index (κ1) is 41.7. The van der Waals surface area contributed by atoms with Gasteiger partial charge in [-0.25, -0.2) is 29.9 Å². The Labute approximate surface area is 357 Å². The Balaban J connectivity index is 0.000000143. The van der Waals surface area contributed by atoms with Gasteiger partial charge < -0.3 is 28.3 Å². The van der Waals surface area contributed by atoms with Gasteiger partial charge in [-0.15, -0.1) is 0 Å². The Bertz CT molecular complexity index is 2640. The summed E-state index contributed by atoms with van der Waals surface area (Å²) in [4.78, 5) is 25.2. The van der Waals surface area contributed by atoms with Crippen LogP contribution in [0.5, 0.6) is 34.8 Å². The van der Waals surface area contributed by atoms with E-state index in [4.69, 9.17) is 28.3 Å². The van der Waals surface area contributed by atoms with Crippen molar-refractivity contribution in [2.75, 3.05) is 14.2 Å². The molecule has 5 heterocycles. The number of benzene rings is 4. The number of hydrogen-bond donors (Lipinski definition) is 0. The summed E-state index contributed by atoms with van der Waals surface area (Å²) in [6, 6.07) is 34.5.